The Bertz CT molecular complexity index is 374. The minimum absolute atomic E-state index is 0.721. The molecule has 1 aliphatic rings. The summed E-state index contributed by atoms with van der Waals surface area (Å²) in [5.74, 6) is 0. The lowest BCUT2D eigenvalue weighted by atomic mass is 10.1. The average molecular weight is 261 g/mol. The first kappa shape index (κ1) is 14.4. The SMILES string of the molecule is Cc1ccc(NCCN(C)C2CCCN(C)C2)cc1. The van der Waals surface area contributed by atoms with Crippen molar-refractivity contribution in [2.75, 3.05) is 45.6 Å². The van der Waals surface area contributed by atoms with Crippen LogP contribution in [0.25, 0.3) is 0 Å². The molecular formula is C16H27N3. The lowest BCUT2D eigenvalue weighted by molar-refractivity contribution is 0.138. The summed E-state index contributed by atoms with van der Waals surface area (Å²) in [7, 11) is 4.48. The summed E-state index contributed by atoms with van der Waals surface area (Å²) in [6.07, 6.45) is 2.67. The Balaban J connectivity index is 1.71. The summed E-state index contributed by atoms with van der Waals surface area (Å²) in [5, 5.41) is 3.50. The number of hydrogen-bond acceptors (Lipinski definition) is 3. The topological polar surface area (TPSA) is 18.5 Å². The fourth-order valence-corrected chi connectivity index (χ4v) is 2.73. The molecule has 1 aromatic rings. The van der Waals surface area contributed by atoms with E-state index in [0.717, 1.165) is 19.1 Å². The molecule has 1 N–H and O–H groups in total. The van der Waals surface area contributed by atoms with Crippen LogP contribution in [0.4, 0.5) is 5.69 Å². The Morgan fingerprint density at radius 3 is 2.74 bits per heavy atom. The molecule has 1 aliphatic heterocycles. The smallest absolute Gasteiger partial charge is 0.0340 e. The minimum atomic E-state index is 0.721. The Labute approximate surface area is 117 Å². The lowest BCUT2D eigenvalue weighted by Gasteiger charge is -2.35. The molecule has 0 radical (unpaired) electrons. The van der Waals surface area contributed by atoms with Crippen LogP contribution in [0.2, 0.25) is 0 Å². The van der Waals surface area contributed by atoms with E-state index < -0.39 is 0 Å². The summed E-state index contributed by atoms with van der Waals surface area (Å²) < 4.78 is 0. The molecule has 106 valence electrons. The van der Waals surface area contributed by atoms with Crippen LogP contribution in [-0.2, 0) is 0 Å². The van der Waals surface area contributed by atoms with Gasteiger partial charge in [-0.1, -0.05) is 17.7 Å². The Hall–Kier alpha value is -1.06. The van der Waals surface area contributed by atoms with Crippen LogP contribution in [0.5, 0.6) is 0 Å². The van der Waals surface area contributed by atoms with Gasteiger partial charge in [-0.15, -0.1) is 0 Å². The van der Waals surface area contributed by atoms with Crippen LogP contribution in [0.3, 0.4) is 0 Å². The number of likely N-dealkylation sites (N-methyl/N-ethyl adjacent to an activating group) is 2. The van der Waals surface area contributed by atoms with E-state index in [2.05, 4.69) is 60.4 Å². The van der Waals surface area contributed by atoms with Crippen molar-refractivity contribution in [3.05, 3.63) is 29.8 Å². The van der Waals surface area contributed by atoms with Crippen molar-refractivity contribution in [3.63, 3.8) is 0 Å². The molecule has 1 unspecified atom stereocenters. The van der Waals surface area contributed by atoms with Crippen LogP contribution in [0.15, 0.2) is 24.3 Å². The highest BCUT2D eigenvalue weighted by molar-refractivity contribution is 5.44. The van der Waals surface area contributed by atoms with Gasteiger partial charge >= 0.3 is 0 Å². The number of nitrogens with one attached hydrogen (secondary N) is 1. The molecular weight excluding hydrogens is 234 g/mol. The minimum Gasteiger partial charge on any atom is -0.384 e. The number of piperidine rings is 1. The van der Waals surface area contributed by atoms with E-state index in [9.17, 15) is 0 Å². The third kappa shape index (κ3) is 4.51. The van der Waals surface area contributed by atoms with Crippen LogP contribution >= 0.6 is 0 Å². The second-order valence-electron chi connectivity index (χ2n) is 5.83. The fraction of sp³-hybridized carbons (Fsp3) is 0.625. The van der Waals surface area contributed by atoms with E-state index in [1.807, 2.05) is 0 Å². The number of hydrogen-bond donors (Lipinski definition) is 1. The van der Waals surface area contributed by atoms with Crippen molar-refractivity contribution in [1.29, 1.82) is 0 Å². The number of rotatable bonds is 5. The van der Waals surface area contributed by atoms with Crippen LogP contribution in [0, 0.1) is 6.92 Å². The Morgan fingerprint density at radius 1 is 1.32 bits per heavy atom. The second kappa shape index (κ2) is 6.92. The first-order chi connectivity index (χ1) is 9.15. The molecule has 0 saturated carbocycles. The summed E-state index contributed by atoms with van der Waals surface area (Å²) in [6, 6.07) is 9.34. The average Bonchev–Trinajstić information content (AvgIpc) is 2.41. The number of anilines is 1. The zero-order chi connectivity index (χ0) is 13.7. The Morgan fingerprint density at radius 2 is 2.05 bits per heavy atom. The van der Waals surface area contributed by atoms with Crippen molar-refractivity contribution in [3.8, 4) is 0 Å². The molecule has 0 aromatic heterocycles. The van der Waals surface area contributed by atoms with Gasteiger partial charge in [-0.25, -0.2) is 0 Å². The molecule has 1 fully saturated rings. The monoisotopic (exact) mass is 261 g/mol. The van der Waals surface area contributed by atoms with Crippen LogP contribution in [-0.4, -0.2) is 56.1 Å². The second-order valence-corrected chi connectivity index (χ2v) is 5.83. The van der Waals surface area contributed by atoms with Gasteiger partial charge in [-0.05, 0) is 52.5 Å². The van der Waals surface area contributed by atoms with Crippen molar-refractivity contribution < 1.29 is 0 Å². The molecule has 1 atom stereocenters. The van der Waals surface area contributed by atoms with Gasteiger partial charge in [0.2, 0.25) is 0 Å². The molecule has 0 bridgehead atoms. The van der Waals surface area contributed by atoms with E-state index in [-0.39, 0.29) is 0 Å². The molecule has 2 rings (SSSR count). The highest BCUT2D eigenvalue weighted by atomic mass is 15.2. The van der Waals surface area contributed by atoms with Gasteiger partial charge in [0.1, 0.15) is 0 Å². The first-order valence-electron chi connectivity index (χ1n) is 7.34. The van der Waals surface area contributed by atoms with Crippen molar-refractivity contribution in [2.45, 2.75) is 25.8 Å². The van der Waals surface area contributed by atoms with Crippen molar-refractivity contribution in [2.24, 2.45) is 0 Å². The van der Waals surface area contributed by atoms with Gasteiger partial charge in [-0.2, -0.15) is 0 Å². The van der Waals surface area contributed by atoms with E-state index >= 15 is 0 Å². The van der Waals surface area contributed by atoms with Crippen molar-refractivity contribution in [1.82, 2.24) is 9.80 Å². The molecule has 0 spiro atoms. The van der Waals surface area contributed by atoms with Crippen molar-refractivity contribution >= 4 is 5.69 Å². The van der Waals surface area contributed by atoms with E-state index in [4.69, 9.17) is 0 Å². The Kier molecular flexibility index (Phi) is 5.23. The summed E-state index contributed by atoms with van der Waals surface area (Å²) >= 11 is 0. The maximum absolute atomic E-state index is 3.50. The molecule has 19 heavy (non-hydrogen) atoms. The molecule has 3 heteroatoms. The van der Waals surface area contributed by atoms with Gasteiger partial charge in [0, 0.05) is 31.4 Å². The normalized spacial score (nSPS) is 20.7. The fourth-order valence-electron chi connectivity index (χ4n) is 2.73. The molecule has 1 heterocycles. The first-order valence-corrected chi connectivity index (χ1v) is 7.34. The maximum Gasteiger partial charge on any atom is 0.0340 e. The summed E-state index contributed by atoms with van der Waals surface area (Å²) in [4.78, 5) is 4.94. The molecule has 0 aliphatic carbocycles. The maximum atomic E-state index is 3.50. The number of nitrogens with zero attached hydrogens (tertiary/aromatic N) is 2. The molecule has 0 amide bonds. The van der Waals surface area contributed by atoms with E-state index in [0.29, 0.717) is 0 Å². The lowest BCUT2D eigenvalue weighted by Crippen LogP contribution is -2.46. The predicted molar refractivity (Wildman–Crippen MR) is 82.8 cm³/mol. The van der Waals surface area contributed by atoms with E-state index in [1.54, 1.807) is 0 Å². The highest BCUT2D eigenvalue weighted by Gasteiger charge is 2.20. The molecule has 3 nitrogen and oxygen atoms in total. The van der Waals surface area contributed by atoms with Gasteiger partial charge in [0.15, 0.2) is 0 Å². The van der Waals surface area contributed by atoms with Gasteiger partial charge in [-0.3, -0.25) is 0 Å². The zero-order valence-electron chi connectivity index (χ0n) is 12.5. The number of likely N-dealkylation sites (tertiary alicyclic amines) is 1. The van der Waals surface area contributed by atoms with Gasteiger partial charge in [0.05, 0.1) is 0 Å². The third-order valence-electron chi connectivity index (χ3n) is 4.07. The third-order valence-corrected chi connectivity index (χ3v) is 4.07. The highest BCUT2D eigenvalue weighted by Crippen LogP contribution is 2.13. The zero-order valence-corrected chi connectivity index (χ0v) is 12.5. The molecule has 1 aromatic carbocycles. The van der Waals surface area contributed by atoms with Gasteiger partial charge in [0.25, 0.3) is 0 Å². The quantitative estimate of drug-likeness (QED) is 0.878. The standard InChI is InChI=1S/C16H27N3/c1-14-6-8-15(9-7-14)17-10-12-19(3)16-5-4-11-18(2)13-16/h6-9,16-17H,4-5,10-13H2,1-3H3. The van der Waals surface area contributed by atoms with Gasteiger partial charge < -0.3 is 15.1 Å². The van der Waals surface area contributed by atoms with Crippen LogP contribution in [0.1, 0.15) is 18.4 Å². The number of benzene rings is 1. The predicted octanol–water partition coefficient (Wildman–Crippen LogP) is 2.43. The molecule has 1 saturated heterocycles. The van der Waals surface area contributed by atoms with Crippen LogP contribution < -0.4 is 5.32 Å². The van der Waals surface area contributed by atoms with E-state index in [1.165, 1.54) is 37.2 Å². The summed E-state index contributed by atoms with van der Waals surface area (Å²) in [6.45, 7) is 6.70. The summed E-state index contributed by atoms with van der Waals surface area (Å²) in [5.41, 5.74) is 2.53. The largest absolute Gasteiger partial charge is 0.384 e. The number of aryl methyl sites for hydroxylation is 1.